The van der Waals surface area contributed by atoms with Crippen LogP contribution in [0.4, 0.5) is 0 Å². The molecular formula is C15H20N2. The van der Waals surface area contributed by atoms with Crippen LogP contribution in [-0.2, 0) is 12.8 Å². The van der Waals surface area contributed by atoms with Gasteiger partial charge in [-0.25, -0.2) is 0 Å². The molecular weight excluding hydrogens is 208 g/mol. The van der Waals surface area contributed by atoms with E-state index >= 15 is 0 Å². The van der Waals surface area contributed by atoms with E-state index in [4.69, 9.17) is 0 Å². The van der Waals surface area contributed by atoms with Gasteiger partial charge in [-0.3, -0.25) is 0 Å². The van der Waals surface area contributed by atoms with Crippen LogP contribution in [0.2, 0.25) is 0 Å². The second kappa shape index (κ2) is 5.33. The van der Waals surface area contributed by atoms with Crippen molar-refractivity contribution in [3.63, 3.8) is 0 Å². The van der Waals surface area contributed by atoms with Gasteiger partial charge in [0.25, 0.3) is 0 Å². The van der Waals surface area contributed by atoms with Gasteiger partial charge in [0.15, 0.2) is 0 Å². The molecule has 1 aromatic carbocycles. The summed E-state index contributed by atoms with van der Waals surface area (Å²) >= 11 is 0. The molecule has 0 unspecified atom stereocenters. The van der Waals surface area contributed by atoms with Gasteiger partial charge in [-0.15, -0.1) is 0 Å². The fourth-order valence-corrected chi connectivity index (χ4v) is 2.52. The first-order valence-corrected chi connectivity index (χ1v) is 6.48. The molecule has 1 N–H and O–H groups in total. The van der Waals surface area contributed by atoms with Gasteiger partial charge >= 0.3 is 0 Å². The lowest BCUT2D eigenvalue weighted by Gasteiger charge is -2.31. The highest BCUT2D eigenvalue weighted by Gasteiger charge is 2.31. The predicted octanol–water partition coefficient (Wildman–Crippen LogP) is 2.68. The lowest BCUT2D eigenvalue weighted by atomic mass is 9.75. The molecule has 0 atom stereocenters. The Morgan fingerprint density at radius 2 is 1.76 bits per heavy atom. The van der Waals surface area contributed by atoms with Gasteiger partial charge in [-0.05, 0) is 49.9 Å². The minimum Gasteiger partial charge on any atom is -0.317 e. The van der Waals surface area contributed by atoms with Crippen molar-refractivity contribution in [1.29, 1.82) is 5.26 Å². The second-order valence-electron chi connectivity index (χ2n) is 4.99. The molecule has 1 aromatic rings. The Morgan fingerprint density at radius 3 is 2.29 bits per heavy atom. The molecule has 2 nitrogen and oxygen atoms in total. The highest BCUT2D eigenvalue weighted by molar-refractivity contribution is 5.25. The maximum Gasteiger partial charge on any atom is 0.0694 e. The van der Waals surface area contributed by atoms with Gasteiger partial charge in [0.2, 0.25) is 0 Å². The van der Waals surface area contributed by atoms with Crippen LogP contribution in [0.3, 0.4) is 0 Å². The molecule has 2 heteroatoms. The predicted molar refractivity (Wildman–Crippen MR) is 69.7 cm³/mol. The van der Waals surface area contributed by atoms with Crippen molar-refractivity contribution in [3.8, 4) is 6.07 Å². The summed E-state index contributed by atoms with van der Waals surface area (Å²) in [5, 5.41) is 12.8. The van der Waals surface area contributed by atoms with Crippen LogP contribution in [0.1, 0.15) is 30.9 Å². The van der Waals surface area contributed by atoms with Crippen LogP contribution in [-0.4, -0.2) is 13.1 Å². The highest BCUT2D eigenvalue weighted by Crippen LogP contribution is 2.32. The molecule has 1 saturated heterocycles. The number of piperidine rings is 1. The van der Waals surface area contributed by atoms with Crippen LogP contribution in [0.5, 0.6) is 0 Å². The van der Waals surface area contributed by atoms with Gasteiger partial charge in [0.1, 0.15) is 0 Å². The van der Waals surface area contributed by atoms with Crippen molar-refractivity contribution in [2.75, 3.05) is 13.1 Å². The van der Waals surface area contributed by atoms with E-state index in [1.54, 1.807) is 0 Å². The number of aryl methyl sites for hydroxylation is 1. The van der Waals surface area contributed by atoms with E-state index in [9.17, 15) is 5.26 Å². The molecule has 0 radical (unpaired) electrons. The molecule has 0 aliphatic carbocycles. The summed E-state index contributed by atoms with van der Waals surface area (Å²) in [5.41, 5.74) is 2.52. The van der Waals surface area contributed by atoms with Gasteiger partial charge in [-0.2, -0.15) is 5.26 Å². The van der Waals surface area contributed by atoms with Gasteiger partial charge in [0, 0.05) is 0 Å². The monoisotopic (exact) mass is 228 g/mol. The molecule has 0 aromatic heterocycles. The van der Waals surface area contributed by atoms with E-state index in [1.165, 1.54) is 11.1 Å². The number of rotatable bonds is 3. The van der Waals surface area contributed by atoms with Crippen LogP contribution < -0.4 is 5.32 Å². The second-order valence-corrected chi connectivity index (χ2v) is 4.99. The van der Waals surface area contributed by atoms with E-state index in [2.05, 4.69) is 42.6 Å². The van der Waals surface area contributed by atoms with E-state index in [0.29, 0.717) is 0 Å². The molecule has 1 aliphatic rings. The number of benzene rings is 1. The Morgan fingerprint density at radius 1 is 1.18 bits per heavy atom. The fraction of sp³-hybridized carbons (Fsp3) is 0.533. The topological polar surface area (TPSA) is 35.8 Å². The molecule has 1 heterocycles. The van der Waals surface area contributed by atoms with E-state index < -0.39 is 0 Å². The van der Waals surface area contributed by atoms with Crippen molar-refractivity contribution in [2.45, 2.75) is 32.6 Å². The Bertz CT molecular complexity index is 394. The summed E-state index contributed by atoms with van der Waals surface area (Å²) < 4.78 is 0. The number of nitrogens with zero attached hydrogens (tertiary/aromatic N) is 1. The molecule has 1 aliphatic heterocycles. The Labute approximate surface area is 104 Å². The number of hydrogen-bond donors (Lipinski definition) is 1. The molecule has 0 saturated carbocycles. The standard InChI is InChI=1S/C15H20N2/c1-2-13-3-5-14(6-4-13)11-15(12-16)7-9-17-10-8-15/h3-6,17H,2,7-11H2,1H3. The Hall–Kier alpha value is -1.33. The maximum absolute atomic E-state index is 9.43. The molecule has 17 heavy (non-hydrogen) atoms. The molecule has 0 spiro atoms. The highest BCUT2D eigenvalue weighted by atomic mass is 14.9. The number of hydrogen-bond acceptors (Lipinski definition) is 2. The normalized spacial score (nSPS) is 18.6. The van der Waals surface area contributed by atoms with Crippen molar-refractivity contribution >= 4 is 0 Å². The molecule has 90 valence electrons. The average Bonchev–Trinajstić information content (AvgIpc) is 2.41. The van der Waals surface area contributed by atoms with Crippen molar-refractivity contribution in [2.24, 2.45) is 5.41 Å². The third-order valence-corrected chi connectivity index (χ3v) is 3.77. The van der Waals surface area contributed by atoms with Crippen LogP contribution in [0, 0.1) is 16.7 Å². The van der Waals surface area contributed by atoms with E-state index in [1.807, 2.05) is 0 Å². The molecule has 0 amide bonds. The summed E-state index contributed by atoms with van der Waals surface area (Å²) in [6, 6.07) is 11.3. The molecule has 2 rings (SSSR count). The third kappa shape index (κ3) is 2.87. The minimum absolute atomic E-state index is 0.140. The van der Waals surface area contributed by atoms with E-state index in [-0.39, 0.29) is 5.41 Å². The average molecular weight is 228 g/mol. The van der Waals surface area contributed by atoms with Crippen LogP contribution in [0.25, 0.3) is 0 Å². The van der Waals surface area contributed by atoms with Crippen molar-refractivity contribution < 1.29 is 0 Å². The smallest absolute Gasteiger partial charge is 0.0694 e. The van der Waals surface area contributed by atoms with Crippen LogP contribution >= 0.6 is 0 Å². The Kier molecular flexibility index (Phi) is 3.81. The largest absolute Gasteiger partial charge is 0.317 e. The summed E-state index contributed by atoms with van der Waals surface area (Å²) in [7, 11) is 0. The third-order valence-electron chi connectivity index (χ3n) is 3.77. The zero-order chi connectivity index (χ0) is 12.1. The first kappa shape index (κ1) is 12.1. The van der Waals surface area contributed by atoms with Gasteiger partial charge in [-0.1, -0.05) is 31.2 Å². The van der Waals surface area contributed by atoms with Crippen molar-refractivity contribution in [3.05, 3.63) is 35.4 Å². The Balaban J connectivity index is 2.10. The zero-order valence-electron chi connectivity index (χ0n) is 10.5. The van der Waals surface area contributed by atoms with Crippen molar-refractivity contribution in [1.82, 2.24) is 5.32 Å². The number of nitrogens with one attached hydrogen (secondary N) is 1. The number of nitriles is 1. The zero-order valence-corrected chi connectivity index (χ0v) is 10.5. The molecule has 1 fully saturated rings. The first-order chi connectivity index (χ1) is 8.28. The summed E-state index contributed by atoms with van der Waals surface area (Å²) in [4.78, 5) is 0. The first-order valence-electron chi connectivity index (χ1n) is 6.48. The quantitative estimate of drug-likeness (QED) is 0.863. The SMILES string of the molecule is CCc1ccc(CC2(C#N)CCNCC2)cc1. The maximum atomic E-state index is 9.43. The van der Waals surface area contributed by atoms with E-state index in [0.717, 1.165) is 38.8 Å². The lowest BCUT2D eigenvalue weighted by Crippen LogP contribution is -2.37. The summed E-state index contributed by atoms with van der Waals surface area (Å²) in [6.45, 7) is 4.11. The lowest BCUT2D eigenvalue weighted by molar-refractivity contribution is 0.280. The molecule has 0 bridgehead atoms. The van der Waals surface area contributed by atoms with Crippen LogP contribution in [0.15, 0.2) is 24.3 Å². The van der Waals surface area contributed by atoms with Gasteiger partial charge in [0.05, 0.1) is 11.5 Å². The summed E-state index contributed by atoms with van der Waals surface area (Å²) in [6.07, 6.45) is 3.92. The minimum atomic E-state index is -0.140. The summed E-state index contributed by atoms with van der Waals surface area (Å²) in [5.74, 6) is 0. The van der Waals surface area contributed by atoms with Gasteiger partial charge < -0.3 is 5.32 Å². The fourth-order valence-electron chi connectivity index (χ4n) is 2.52.